The minimum absolute atomic E-state index is 0.0398. The zero-order chi connectivity index (χ0) is 29.2. The molecule has 0 radical (unpaired) electrons. The molecule has 14 heteroatoms. The SMILES string of the molecule is Cc1nonc1C(=O)N[C@@H](CC1(C(F)(F)F)CC1)c1nc2ccc([C@H](NC(=O)CC3CC(F)(F)C3)C3CC3)cc2[nH]1. The van der Waals surface area contributed by atoms with Crippen LogP contribution in [-0.4, -0.2) is 44.2 Å². The summed E-state index contributed by atoms with van der Waals surface area (Å²) in [5, 5.41) is 12.7. The summed E-state index contributed by atoms with van der Waals surface area (Å²) in [7, 11) is 0. The van der Waals surface area contributed by atoms with Crippen LogP contribution in [0.3, 0.4) is 0 Å². The Kier molecular flexibility index (Phi) is 6.57. The molecule has 9 nitrogen and oxygen atoms in total. The van der Waals surface area contributed by atoms with Crippen LogP contribution in [0.4, 0.5) is 22.0 Å². The monoisotopic (exact) mass is 580 g/mol. The molecule has 2 aromatic heterocycles. The maximum atomic E-state index is 13.9. The lowest BCUT2D eigenvalue weighted by molar-refractivity contribution is -0.190. The molecule has 3 aliphatic rings. The number of aromatic amines is 1. The second-order valence-electron chi connectivity index (χ2n) is 11.8. The summed E-state index contributed by atoms with van der Waals surface area (Å²) in [4.78, 5) is 33.1. The van der Waals surface area contributed by atoms with Gasteiger partial charge in [-0.05, 0) is 73.7 Å². The van der Waals surface area contributed by atoms with Crippen molar-refractivity contribution in [3.63, 3.8) is 0 Å². The summed E-state index contributed by atoms with van der Waals surface area (Å²) in [5.74, 6) is -3.67. The summed E-state index contributed by atoms with van der Waals surface area (Å²) < 4.78 is 72.6. The van der Waals surface area contributed by atoms with E-state index in [-0.39, 0.29) is 73.1 Å². The maximum Gasteiger partial charge on any atom is 0.394 e. The van der Waals surface area contributed by atoms with Crippen LogP contribution in [0, 0.1) is 24.2 Å². The first kappa shape index (κ1) is 27.6. The molecule has 0 aliphatic heterocycles. The summed E-state index contributed by atoms with van der Waals surface area (Å²) in [5.41, 5.74) is -0.0483. The third-order valence-corrected chi connectivity index (χ3v) is 8.49. The van der Waals surface area contributed by atoms with Gasteiger partial charge in [0.15, 0.2) is 5.69 Å². The molecule has 6 rings (SSSR count). The molecule has 3 N–H and O–H groups in total. The van der Waals surface area contributed by atoms with Crippen molar-refractivity contribution in [2.75, 3.05) is 0 Å². The minimum atomic E-state index is -4.44. The van der Waals surface area contributed by atoms with Gasteiger partial charge >= 0.3 is 6.18 Å². The van der Waals surface area contributed by atoms with Gasteiger partial charge < -0.3 is 15.6 Å². The number of alkyl halides is 5. The van der Waals surface area contributed by atoms with E-state index >= 15 is 0 Å². The lowest BCUT2D eigenvalue weighted by Crippen LogP contribution is -2.39. The zero-order valence-corrected chi connectivity index (χ0v) is 22.2. The lowest BCUT2D eigenvalue weighted by atomic mass is 9.79. The van der Waals surface area contributed by atoms with Crippen molar-refractivity contribution < 1.29 is 36.2 Å². The van der Waals surface area contributed by atoms with Crippen molar-refractivity contribution >= 4 is 22.8 Å². The number of carbonyl (C=O) groups excluding carboxylic acids is 2. The van der Waals surface area contributed by atoms with Crippen LogP contribution < -0.4 is 10.6 Å². The Bertz CT molecular complexity index is 1470. The van der Waals surface area contributed by atoms with Gasteiger partial charge in [-0.15, -0.1) is 0 Å². The molecule has 3 aromatic rings. The van der Waals surface area contributed by atoms with E-state index in [0.717, 1.165) is 18.4 Å². The first-order valence-corrected chi connectivity index (χ1v) is 13.7. The van der Waals surface area contributed by atoms with Crippen molar-refractivity contribution in [3.8, 4) is 0 Å². The van der Waals surface area contributed by atoms with Crippen LogP contribution in [0.5, 0.6) is 0 Å². The highest BCUT2D eigenvalue weighted by atomic mass is 19.4. The van der Waals surface area contributed by atoms with E-state index in [2.05, 4.69) is 35.5 Å². The van der Waals surface area contributed by atoms with Gasteiger partial charge in [0.05, 0.1) is 28.5 Å². The number of aromatic nitrogens is 4. The van der Waals surface area contributed by atoms with E-state index in [9.17, 15) is 31.5 Å². The molecule has 0 saturated heterocycles. The number of rotatable bonds is 10. The Morgan fingerprint density at radius 1 is 1.15 bits per heavy atom. The molecule has 220 valence electrons. The van der Waals surface area contributed by atoms with Gasteiger partial charge in [-0.3, -0.25) is 9.59 Å². The number of carbonyl (C=O) groups is 2. The Morgan fingerprint density at radius 3 is 2.46 bits per heavy atom. The number of hydrogen-bond donors (Lipinski definition) is 3. The van der Waals surface area contributed by atoms with Gasteiger partial charge in [0.25, 0.3) is 5.91 Å². The van der Waals surface area contributed by atoms with Crippen molar-refractivity contribution in [2.24, 2.45) is 17.3 Å². The number of aryl methyl sites for hydroxylation is 1. The van der Waals surface area contributed by atoms with Crippen LogP contribution in [0.2, 0.25) is 0 Å². The number of H-pyrrole nitrogens is 1. The largest absolute Gasteiger partial charge is 0.394 e. The summed E-state index contributed by atoms with van der Waals surface area (Å²) >= 11 is 0. The van der Waals surface area contributed by atoms with E-state index < -0.39 is 35.9 Å². The number of nitrogens with one attached hydrogen (secondary N) is 3. The molecule has 2 heterocycles. The average Bonchev–Trinajstić information content (AvgIpc) is 3.78. The quantitative estimate of drug-likeness (QED) is 0.274. The molecule has 1 aromatic carbocycles. The first-order chi connectivity index (χ1) is 19.3. The molecule has 2 amide bonds. The molecule has 3 aliphatic carbocycles. The standard InChI is InChI=1S/C27H29F5N6O3/c1-13-21(38-41-37-13)24(40)35-19(12-25(6-7-25)27(30,31)32)23-33-17-5-4-16(9-18(17)34-23)22(15-2-3-15)36-20(39)8-14-10-26(28,29)11-14/h4-5,9,14-15,19,22H,2-3,6-8,10-12H2,1H3,(H,33,34)(H,35,40)(H,36,39)/t19-,22+/m0/s1. The van der Waals surface area contributed by atoms with Crippen molar-refractivity contribution in [2.45, 2.75) is 82.5 Å². The van der Waals surface area contributed by atoms with Gasteiger partial charge in [-0.1, -0.05) is 11.2 Å². The Balaban J connectivity index is 1.23. The zero-order valence-electron chi connectivity index (χ0n) is 22.2. The third-order valence-electron chi connectivity index (χ3n) is 8.49. The van der Waals surface area contributed by atoms with Gasteiger partial charge in [0, 0.05) is 19.3 Å². The summed E-state index contributed by atoms with van der Waals surface area (Å²) in [6.45, 7) is 1.50. The highest BCUT2D eigenvalue weighted by Crippen LogP contribution is 2.61. The number of hydrogen-bond acceptors (Lipinski definition) is 6. The van der Waals surface area contributed by atoms with E-state index in [0.29, 0.717) is 11.0 Å². The molecule has 41 heavy (non-hydrogen) atoms. The molecule has 3 fully saturated rings. The second kappa shape index (κ2) is 9.76. The van der Waals surface area contributed by atoms with Crippen molar-refractivity contribution in [1.82, 2.24) is 30.9 Å². The third kappa shape index (κ3) is 5.65. The Morgan fingerprint density at radius 2 is 1.88 bits per heavy atom. The second-order valence-corrected chi connectivity index (χ2v) is 11.8. The van der Waals surface area contributed by atoms with Gasteiger partial charge in [-0.25, -0.2) is 18.4 Å². The number of amides is 2. The van der Waals surface area contributed by atoms with E-state index in [1.807, 2.05) is 0 Å². The minimum Gasteiger partial charge on any atom is -0.349 e. The smallest absolute Gasteiger partial charge is 0.349 e. The highest BCUT2D eigenvalue weighted by Gasteiger charge is 2.63. The predicted octanol–water partition coefficient (Wildman–Crippen LogP) is 5.46. The van der Waals surface area contributed by atoms with Crippen LogP contribution in [0.15, 0.2) is 22.8 Å². The number of halogens is 5. The van der Waals surface area contributed by atoms with E-state index in [4.69, 9.17) is 0 Å². The van der Waals surface area contributed by atoms with Gasteiger partial charge in [-0.2, -0.15) is 13.2 Å². The summed E-state index contributed by atoms with van der Waals surface area (Å²) in [6.07, 6.45) is -3.64. The fourth-order valence-electron chi connectivity index (χ4n) is 5.76. The fourth-order valence-corrected chi connectivity index (χ4v) is 5.76. The number of nitrogens with zero attached hydrogens (tertiary/aromatic N) is 3. The topological polar surface area (TPSA) is 126 Å². The highest BCUT2D eigenvalue weighted by molar-refractivity contribution is 5.93. The number of fused-ring (bicyclic) bond motifs is 1. The Labute approximate surface area is 231 Å². The van der Waals surface area contributed by atoms with Crippen LogP contribution in [0.1, 0.15) is 91.0 Å². The van der Waals surface area contributed by atoms with Crippen LogP contribution >= 0.6 is 0 Å². The molecule has 3 saturated carbocycles. The molecular weight excluding hydrogens is 551 g/mol. The lowest BCUT2D eigenvalue weighted by Gasteiger charge is -2.34. The summed E-state index contributed by atoms with van der Waals surface area (Å²) in [6, 6.07) is 3.87. The predicted molar refractivity (Wildman–Crippen MR) is 134 cm³/mol. The van der Waals surface area contributed by atoms with Gasteiger partial charge in [0.1, 0.15) is 11.5 Å². The number of imidazole rings is 1. The fraction of sp³-hybridized carbons (Fsp3) is 0.593. The molecule has 0 bridgehead atoms. The van der Waals surface area contributed by atoms with Crippen LogP contribution in [0.25, 0.3) is 11.0 Å². The molecule has 2 atom stereocenters. The molecular formula is C27H29F5N6O3. The first-order valence-electron chi connectivity index (χ1n) is 13.7. The van der Waals surface area contributed by atoms with E-state index in [1.165, 1.54) is 6.92 Å². The van der Waals surface area contributed by atoms with Crippen molar-refractivity contribution in [3.05, 3.63) is 41.0 Å². The van der Waals surface area contributed by atoms with E-state index in [1.54, 1.807) is 18.2 Å². The van der Waals surface area contributed by atoms with Crippen LogP contribution in [-0.2, 0) is 4.79 Å². The van der Waals surface area contributed by atoms with Crippen molar-refractivity contribution in [1.29, 1.82) is 0 Å². The van der Waals surface area contributed by atoms with Gasteiger partial charge in [0.2, 0.25) is 11.8 Å². The Hall–Kier alpha value is -3.58. The molecule has 0 unspecified atom stereocenters. The number of benzene rings is 1. The average molecular weight is 581 g/mol. The maximum absolute atomic E-state index is 13.9. The molecule has 0 spiro atoms. The normalized spacial score (nSPS) is 21.2.